The predicted octanol–water partition coefficient (Wildman–Crippen LogP) is 1.54. The number of hydrogen-bond acceptors (Lipinski definition) is 2. The van der Waals surface area contributed by atoms with Gasteiger partial charge in [0.2, 0.25) is 0 Å². The summed E-state index contributed by atoms with van der Waals surface area (Å²) in [6, 6.07) is 0. The Morgan fingerprint density at radius 3 is 2.54 bits per heavy atom. The summed E-state index contributed by atoms with van der Waals surface area (Å²) < 4.78 is 0. The average Bonchev–Trinajstić information content (AvgIpc) is 2.72. The van der Waals surface area contributed by atoms with Gasteiger partial charge in [0, 0.05) is 6.61 Å². The van der Waals surface area contributed by atoms with Gasteiger partial charge < -0.3 is 10.4 Å². The van der Waals surface area contributed by atoms with E-state index < -0.39 is 0 Å². The fourth-order valence-corrected chi connectivity index (χ4v) is 3.13. The van der Waals surface area contributed by atoms with Gasteiger partial charge in [0.15, 0.2) is 0 Å². The van der Waals surface area contributed by atoms with Gasteiger partial charge in [-0.1, -0.05) is 19.3 Å². The van der Waals surface area contributed by atoms with Crippen LogP contribution in [0, 0.1) is 11.3 Å². The van der Waals surface area contributed by atoms with Gasteiger partial charge in [0.25, 0.3) is 0 Å². The largest absolute Gasteiger partial charge is 0.396 e. The van der Waals surface area contributed by atoms with Crippen LogP contribution in [-0.4, -0.2) is 24.8 Å². The molecule has 13 heavy (non-hydrogen) atoms. The first-order chi connectivity index (χ1) is 6.37. The van der Waals surface area contributed by atoms with Crippen molar-refractivity contribution < 1.29 is 5.11 Å². The highest BCUT2D eigenvalue weighted by Gasteiger charge is 2.40. The van der Waals surface area contributed by atoms with Crippen LogP contribution in [0.5, 0.6) is 0 Å². The summed E-state index contributed by atoms with van der Waals surface area (Å²) in [7, 11) is 0. The molecule has 76 valence electrons. The highest BCUT2D eigenvalue weighted by Crippen LogP contribution is 2.44. The lowest BCUT2D eigenvalue weighted by atomic mass is 9.66. The first-order valence-electron chi connectivity index (χ1n) is 5.69. The Morgan fingerprint density at radius 2 is 2.00 bits per heavy atom. The van der Waals surface area contributed by atoms with Crippen molar-refractivity contribution in [3.8, 4) is 0 Å². The summed E-state index contributed by atoms with van der Waals surface area (Å²) in [5, 5.41) is 13.0. The second-order valence-corrected chi connectivity index (χ2v) is 4.77. The first-order valence-corrected chi connectivity index (χ1v) is 5.69. The van der Waals surface area contributed by atoms with Crippen molar-refractivity contribution in [3.05, 3.63) is 0 Å². The summed E-state index contributed by atoms with van der Waals surface area (Å²) in [5.41, 5.74) is 0.293. The summed E-state index contributed by atoms with van der Waals surface area (Å²) in [5.74, 6) is 0.748. The van der Waals surface area contributed by atoms with Crippen LogP contribution in [0.1, 0.15) is 38.5 Å². The molecule has 2 fully saturated rings. The molecule has 2 nitrogen and oxygen atoms in total. The Bertz CT molecular complexity index is 157. The molecule has 1 aliphatic carbocycles. The quantitative estimate of drug-likeness (QED) is 0.680. The molecule has 0 amide bonds. The standard InChI is InChI=1S/C11H21NO/c13-9-11(5-2-1-3-6-11)10-4-7-12-8-10/h10,12-13H,1-9H2. The SMILES string of the molecule is OCC1(C2CCNC2)CCCCC1. The molecule has 2 aliphatic rings. The van der Waals surface area contributed by atoms with Crippen LogP contribution in [0.3, 0.4) is 0 Å². The summed E-state index contributed by atoms with van der Waals surface area (Å²) in [4.78, 5) is 0. The lowest BCUT2D eigenvalue weighted by Gasteiger charge is -2.40. The zero-order valence-electron chi connectivity index (χ0n) is 8.39. The molecule has 1 atom stereocenters. The zero-order valence-corrected chi connectivity index (χ0v) is 8.39. The Labute approximate surface area is 80.7 Å². The monoisotopic (exact) mass is 183 g/mol. The predicted molar refractivity (Wildman–Crippen MR) is 53.6 cm³/mol. The maximum Gasteiger partial charge on any atom is 0.0490 e. The van der Waals surface area contributed by atoms with E-state index in [2.05, 4.69) is 5.32 Å². The van der Waals surface area contributed by atoms with Gasteiger partial charge in [0.05, 0.1) is 0 Å². The van der Waals surface area contributed by atoms with Crippen LogP contribution in [0.4, 0.5) is 0 Å². The van der Waals surface area contributed by atoms with E-state index >= 15 is 0 Å². The zero-order chi connectivity index (χ0) is 9.15. The van der Waals surface area contributed by atoms with Crippen molar-refractivity contribution in [1.29, 1.82) is 0 Å². The molecular weight excluding hydrogens is 162 g/mol. The highest BCUT2D eigenvalue weighted by molar-refractivity contribution is 4.92. The molecule has 2 rings (SSSR count). The second kappa shape index (κ2) is 3.97. The molecule has 2 heteroatoms. The maximum absolute atomic E-state index is 9.57. The minimum absolute atomic E-state index is 0.293. The Hall–Kier alpha value is -0.0800. The van der Waals surface area contributed by atoms with E-state index in [1.165, 1.54) is 38.5 Å². The van der Waals surface area contributed by atoms with E-state index in [1.807, 2.05) is 0 Å². The van der Waals surface area contributed by atoms with Gasteiger partial charge in [-0.25, -0.2) is 0 Å². The topological polar surface area (TPSA) is 32.3 Å². The molecule has 1 unspecified atom stereocenters. The van der Waals surface area contributed by atoms with Crippen molar-refractivity contribution in [3.63, 3.8) is 0 Å². The normalized spacial score (nSPS) is 33.5. The van der Waals surface area contributed by atoms with Crippen molar-refractivity contribution >= 4 is 0 Å². The minimum Gasteiger partial charge on any atom is -0.396 e. The summed E-state index contributed by atoms with van der Waals surface area (Å²) in [6.07, 6.45) is 7.84. The average molecular weight is 183 g/mol. The van der Waals surface area contributed by atoms with Crippen LogP contribution < -0.4 is 5.32 Å². The molecular formula is C11H21NO. The number of aliphatic hydroxyl groups excluding tert-OH is 1. The van der Waals surface area contributed by atoms with Gasteiger partial charge >= 0.3 is 0 Å². The molecule has 0 bridgehead atoms. The van der Waals surface area contributed by atoms with Gasteiger partial charge in [-0.15, -0.1) is 0 Å². The van der Waals surface area contributed by atoms with E-state index in [4.69, 9.17) is 0 Å². The van der Waals surface area contributed by atoms with Crippen molar-refractivity contribution in [2.24, 2.45) is 11.3 Å². The van der Waals surface area contributed by atoms with Crippen LogP contribution in [0.2, 0.25) is 0 Å². The molecule has 1 heterocycles. The number of aliphatic hydroxyl groups is 1. The Morgan fingerprint density at radius 1 is 1.23 bits per heavy atom. The molecule has 0 aromatic heterocycles. The van der Waals surface area contributed by atoms with Crippen LogP contribution >= 0.6 is 0 Å². The van der Waals surface area contributed by atoms with Gasteiger partial charge in [0.1, 0.15) is 0 Å². The third kappa shape index (κ3) is 1.75. The van der Waals surface area contributed by atoms with E-state index in [0.29, 0.717) is 12.0 Å². The van der Waals surface area contributed by atoms with Crippen LogP contribution in [-0.2, 0) is 0 Å². The molecule has 0 spiro atoms. The van der Waals surface area contributed by atoms with E-state index in [0.717, 1.165) is 19.0 Å². The van der Waals surface area contributed by atoms with Crippen molar-refractivity contribution in [1.82, 2.24) is 5.32 Å². The van der Waals surface area contributed by atoms with E-state index in [-0.39, 0.29) is 0 Å². The molecule has 1 saturated heterocycles. The number of rotatable bonds is 2. The summed E-state index contributed by atoms with van der Waals surface area (Å²) >= 11 is 0. The first kappa shape index (κ1) is 9.47. The van der Waals surface area contributed by atoms with E-state index in [1.54, 1.807) is 0 Å². The van der Waals surface area contributed by atoms with Crippen molar-refractivity contribution in [2.75, 3.05) is 19.7 Å². The smallest absolute Gasteiger partial charge is 0.0490 e. The van der Waals surface area contributed by atoms with Gasteiger partial charge in [-0.3, -0.25) is 0 Å². The maximum atomic E-state index is 9.57. The highest BCUT2D eigenvalue weighted by atomic mass is 16.3. The third-order valence-corrected chi connectivity index (χ3v) is 4.09. The van der Waals surface area contributed by atoms with Crippen molar-refractivity contribution in [2.45, 2.75) is 38.5 Å². The molecule has 0 aromatic carbocycles. The molecule has 1 saturated carbocycles. The third-order valence-electron chi connectivity index (χ3n) is 4.09. The fourth-order valence-electron chi connectivity index (χ4n) is 3.13. The van der Waals surface area contributed by atoms with Crippen LogP contribution in [0.15, 0.2) is 0 Å². The molecule has 2 N–H and O–H groups in total. The minimum atomic E-state index is 0.293. The molecule has 1 aliphatic heterocycles. The summed E-state index contributed by atoms with van der Waals surface area (Å²) in [6.45, 7) is 2.71. The lowest BCUT2D eigenvalue weighted by molar-refractivity contribution is 0.0309. The molecule has 0 radical (unpaired) electrons. The van der Waals surface area contributed by atoms with Crippen LogP contribution in [0.25, 0.3) is 0 Å². The Kier molecular flexibility index (Phi) is 2.89. The van der Waals surface area contributed by atoms with Gasteiger partial charge in [-0.2, -0.15) is 0 Å². The van der Waals surface area contributed by atoms with Gasteiger partial charge in [-0.05, 0) is 43.7 Å². The van der Waals surface area contributed by atoms with E-state index in [9.17, 15) is 5.11 Å². The number of nitrogens with one attached hydrogen (secondary N) is 1. The Balaban J connectivity index is 2.03. The lowest BCUT2D eigenvalue weighted by Crippen LogP contribution is -2.37. The number of hydrogen-bond donors (Lipinski definition) is 2. The fraction of sp³-hybridized carbons (Fsp3) is 1.00. The molecule has 0 aromatic rings. The second-order valence-electron chi connectivity index (χ2n) is 4.77.